The fraction of sp³-hybridized carbons (Fsp3) is 0.765. The highest BCUT2D eigenvalue weighted by Gasteiger charge is 2.51. The Morgan fingerprint density at radius 1 is 0.909 bits per heavy atom. The summed E-state index contributed by atoms with van der Waals surface area (Å²) in [6, 6.07) is 2.19. The van der Waals surface area contributed by atoms with Crippen LogP contribution in [-0.4, -0.2) is 49.4 Å². The van der Waals surface area contributed by atoms with Crippen LogP contribution in [0.5, 0.6) is 0 Å². The zero-order chi connectivity index (χ0) is 14.5. The van der Waals surface area contributed by atoms with E-state index in [0.717, 1.165) is 61.6 Å². The van der Waals surface area contributed by atoms with Gasteiger partial charge >= 0.3 is 0 Å². The van der Waals surface area contributed by atoms with Crippen molar-refractivity contribution in [1.29, 1.82) is 0 Å². The van der Waals surface area contributed by atoms with E-state index in [1.165, 1.54) is 32.4 Å². The van der Waals surface area contributed by atoms with E-state index < -0.39 is 0 Å². The van der Waals surface area contributed by atoms with Gasteiger partial charge in [0, 0.05) is 32.2 Å². The molecule has 0 amide bonds. The normalized spacial score (nSPS) is 36.9. The minimum atomic E-state index is 0.802. The summed E-state index contributed by atoms with van der Waals surface area (Å²) in [5, 5.41) is 0. The molecule has 0 N–H and O–H groups in total. The van der Waals surface area contributed by atoms with E-state index >= 15 is 0 Å². The second kappa shape index (κ2) is 5.08. The van der Waals surface area contributed by atoms with Crippen LogP contribution in [0.3, 0.4) is 0 Å². The summed E-state index contributed by atoms with van der Waals surface area (Å²) in [6.45, 7) is 5.90. The highest BCUT2D eigenvalue weighted by atomic mass is 16.5. The first-order valence-electron chi connectivity index (χ1n) is 8.78. The number of ether oxygens (including phenoxy) is 1. The van der Waals surface area contributed by atoms with Crippen LogP contribution in [0.1, 0.15) is 19.3 Å². The lowest BCUT2D eigenvalue weighted by atomic mass is 9.82. The quantitative estimate of drug-likeness (QED) is 0.833. The first-order valence-corrected chi connectivity index (χ1v) is 8.78. The predicted octanol–water partition coefficient (Wildman–Crippen LogP) is 1.80. The lowest BCUT2D eigenvalue weighted by molar-refractivity contribution is 0.122. The van der Waals surface area contributed by atoms with Crippen molar-refractivity contribution in [3.8, 4) is 0 Å². The van der Waals surface area contributed by atoms with Crippen LogP contribution in [0.4, 0.5) is 11.6 Å². The molecule has 0 spiro atoms. The average molecular weight is 300 g/mol. The molecule has 5 heteroatoms. The van der Waals surface area contributed by atoms with E-state index in [-0.39, 0.29) is 0 Å². The van der Waals surface area contributed by atoms with Crippen molar-refractivity contribution in [3.63, 3.8) is 0 Å². The Morgan fingerprint density at radius 3 is 2.23 bits per heavy atom. The molecule has 1 aromatic heterocycles. The molecule has 2 saturated carbocycles. The Hall–Kier alpha value is -1.36. The summed E-state index contributed by atoms with van der Waals surface area (Å²) in [5.74, 6) is 6.06. The SMILES string of the molecule is c1nc(N2CCOCC2)cc(N2C[C@@H]3[C@@H]4CC[C@@H](C4)[C@@H]3C2)n1. The van der Waals surface area contributed by atoms with Gasteiger partial charge in [-0.1, -0.05) is 0 Å². The molecular weight excluding hydrogens is 276 g/mol. The molecule has 0 unspecified atom stereocenters. The van der Waals surface area contributed by atoms with E-state index in [2.05, 4.69) is 25.8 Å². The molecule has 0 aromatic carbocycles. The number of nitrogens with zero attached hydrogens (tertiary/aromatic N) is 4. The summed E-state index contributed by atoms with van der Waals surface area (Å²) in [7, 11) is 0. The van der Waals surface area contributed by atoms with E-state index in [1.54, 1.807) is 6.33 Å². The minimum Gasteiger partial charge on any atom is -0.378 e. The molecule has 1 aromatic rings. The number of anilines is 2. The zero-order valence-corrected chi connectivity index (χ0v) is 13.0. The predicted molar refractivity (Wildman–Crippen MR) is 85.1 cm³/mol. The lowest BCUT2D eigenvalue weighted by Gasteiger charge is -2.28. The smallest absolute Gasteiger partial charge is 0.134 e. The summed E-state index contributed by atoms with van der Waals surface area (Å²) < 4.78 is 5.44. The third-order valence-corrected chi connectivity index (χ3v) is 6.43. The molecule has 2 saturated heterocycles. The molecule has 0 radical (unpaired) electrons. The number of hydrogen-bond acceptors (Lipinski definition) is 5. The highest BCUT2D eigenvalue weighted by Crippen LogP contribution is 2.55. The summed E-state index contributed by atoms with van der Waals surface area (Å²) in [5.41, 5.74) is 0. The Balaban J connectivity index is 1.35. The van der Waals surface area contributed by atoms with Crippen molar-refractivity contribution in [2.45, 2.75) is 19.3 Å². The second-order valence-electron chi connectivity index (χ2n) is 7.40. The minimum absolute atomic E-state index is 0.802. The van der Waals surface area contributed by atoms with Crippen LogP contribution in [0.2, 0.25) is 0 Å². The topological polar surface area (TPSA) is 41.5 Å². The van der Waals surface area contributed by atoms with Crippen LogP contribution < -0.4 is 9.80 Å². The van der Waals surface area contributed by atoms with Gasteiger partial charge in [0.1, 0.15) is 18.0 Å². The fourth-order valence-electron chi connectivity index (χ4n) is 5.34. The molecule has 4 fully saturated rings. The van der Waals surface area contributed by atoms with Gasteiger partial charge in [0.2, 0.25) is 0 Å². The van der Waals surface area contributed by atoms with Gasteiger partial charge in [-0.05, 0) is 42.9 Å². The number of aromatic nitrogens is 2. The number of morpholine rings is 1. The number of hydrogen-bond donors (Lipinski definition) is 0. The van der Waals surface area contributed by atoms with E-state index in [0.29, 0.717) is 0 Å². The molecule has 2 aliphatic heterocycles. The second-order valence-corrected chi connectivity index (χ2v) is 7.40. The van der Waals surface area contributed by atoms with Crippen LogP contribution in [0.25, 0.3) is 0 Å². The maximum Gasteiger partial charge on any atom is 0.134 e. The Labute approximate surface area is 131 Å². The maximum absolute atomic E-state index is 5.44. The molecule has 2 bridgehead atoms. The molecule has 5 nitrogen and oxygen atoms in total. The van der Waals surface area contributed by atoms with Crippen molar-refractivity contribution in [3.05, 3.63) is 12.4 Å². The fourth-order valence-corrected chi connectivity index (χ4v) is 5.34. The van der Waals surface area contributed by atoms with Gasteiger partial charge in [-0.15, -0.1) is 0 Å². The Kier molecular flexibility index (Phi) is 3.03. The van der Waals surface area contributed by atoms with Crippen LogP contribution in [-0.2, 0) is 4.74 Å². The van der Waals surface area contributed by atoms with Gasteiger partial charge in [0.15, 0.2) is 0 Å². The van der Waals surface area contributed by atoms with E-state index in [9.17, 15) is 0 Å². The highest BCUT2D eigenvalue weighted by molar-refractivity contribution is 5.51. The summed E-state index contributed by atoms with van der Waals surface area (Å²) >= 11 is 0. The van der Waals surface area contributed by atoms with Crippen molar-refractivity contribution in [1.82, 2.24) is 9.97 Å². The molecule has 118 valence electrons. The van der Waals surface area contributed by atoms with E-state index in [1.807, 2.05) is 0 Å². The molecular formula is C17H24N4O. The van der Waals surface area contributed by atoms with Crippen molar-refractivity contribution in [2.24, 2.45) is 23.7 Å². The summed E-state index contributed by atoms with van der Waals surface area (Å²) in [6.07, 6.45) is 6.19. The lowest BCUT2D eigenvalue weighted by Crippen LogP contribution is -2.37. The first-order chi connectivity index (χ1) is 10.9. The average Bonchev–Trinajstić information content (AvgIpc) is 3.28. The standard InChI is InChI=1S/C17H24N4O/c1-2-13-7-12(1)14-9-21(10-15(13)14)17-8-16(18-11-19-17)20-3-5-22-6-4-20/h8,11-15H,1-7,9-10H2/t12-,13+,14-,15+. The van der Waals surface area contributed by atoms with Gasteiger partial charge in [-0.2, -0.15) is 0 Å². The van der Waals surface area contributed by atoms with Crippen molar-refractivity contribution < 1.29 is 4.74 Å². The molecule has 5 rings (SSSR count). The molecule has 2 aliphatic carbocycles. The third-order valence-electron chi connectivity index (χ3n) is 6.43. The number of rotatable bonds is 2. The summed E-state index contributed by atoms with van der Waals surface area (Å²) in [4.78, 5) is 13.9. The number of fused-ring (bicyclic) bond motifs is 5. The van der Waals surface area contributed by atoms with Crippen molar-refractivity contribution in [2.75, 3.05) is 49.2 Å². The van der Waals surface area contributed by atoms with Crippen LogP contribution >= 0.6 is 0 Å². The molecule has 3 heterocycles. The van der Waals surface area contributed by atoms with Crippen LogP contribution in [0.15, 0.2) is 12.4 Å². The van der Waals surface area contributed by atoms with Gasteiger partial charge in [-0.25, -0.2) is 9.97 Å². The van der Waals surface area contributed by atoms with Gasteiger partial charge in [0.05, 0.1) is 13.2 Å². The van der Waals surface area contributed by atoms with Gasteiger partial charge < -0.3 is 14.5 Å². The Bertz CT molecular complexity index is 541. The van der Waals surface area contributed by atoms with Gasteiger partial charge in [-0.3, -0.25) is 0 Å². The Morgan fingerprint density at radius 2 is 1.55 bits per heavy atom. The molecule has 22 heavy (non-hydrogen) atoms. The largest absolute Gasteiger partial charge is 0.378 e. The monoisotopic (exact) mass is 300 g/mol. The first kappa shape index (κ1) is 13.1. The van der Waals surface area contributed by atoms with Crippen LogP contribution in [0, 0.1) is 23.7 Å². The maximum atomic E-state index is 5.44. The third kappa shape index (κ3) is 2.02. The van der Waals surface area contributed by atoms with Gasteiger partial charge in [0.25, 0.3) is 0 Å². The molecule has 4 atom stereocenters. The van der Waals surface area contributed by atoms with E-state index in [4.69, 9.17) is 4.74 Å². The zero-order valence-electron chi connectivity index (χ0n) is 13.0. The molecule has 4 aliphatic rings. The van der Waals surface area contributed by atoms with Crippen molar-refractivity contribution >= 4 is 11.6 Å².